The SMILES string of the molecule is CCn1cc(C(=O)Cc2ccc(Oc3ccnc4cc(OC)cnc34)c(F)c2)c(=O)c(-c2ccc(F)cc2C)c1CO. The van der Waals surface area contributed by atoms with Crippen molar-refractivity contribution in [3.05, 3.63) is 111 Å². The zero-order valence-corrected chi connectivity index (χ0v) is 23.1. The summed E-state index contributed by atoms with van der Waals surface area (Å²) in [5.74, 6) is -0.969. The average Bonchev–Trinajstić information content (AvgIpc) is 2.98. The van der Waals surface area contributed by atoms with Gasteiger partial charge in [0.05, 0.1) is 42.3 Å². The molecule has 0 amide bonds. The predicted octanol–water partition coefficient (Wildman–Crippen LogP) is 5.78. The summed E-state index contributed by atoms with van der Waals surface area (Å²) >= 11 is 0. The molecule has 0 saturated heterocycles. The van der Waals surface area contributed by atoms with Crippen LogP contribution in [0.25, 0.3) is 22.2 Å². The highest BCUT2D eigenvalue weighted by atomic mass is 19.1. The van der Waals surface area contributed by atoms with Gasteiger partial charge in [0.2, 0.25) is 5.43 Å². The summed E-state index contributed by atoms with van der Waals surface area (Å²) in [6.07, 6.45) is 4.17. The highest BCUT2D eigenvalue weighted by molar-refractivity contribution is 5.98. The first-order chi connectivity index (χ1) is 20.2. The maximum absolute atomic E-state index is 15.2. The van der Waals surface area contributed by atoms with Gasteiger partial charge in [-0.05, 0) is 54.8 Å². The standard InChI is InChI=1S/C32H27F2N3O5/c1-4-37-16-23(32(40)30(26(37)17-38)22-7-6-20(33)11-18(22)2)27(39)13-19-5-8-28(24(34)12-19)42-29-9-10-35-25-14-21(41-3)15-36-31(25)29/h5-12,14-16,38H,4,13,17H2,1-3H3. The normalized spacial score (nSPS) is 11.1. The Morgan fingerprint density at radius 1 is 1.05 bits per heavy atom. The number of fused-ring (bicyclic) bond motifs is 1. The van der Waals surface area contributed by atoms with Gasteiger partial charge in [-0.25, -0.2) is 13.8 Å². The second-order valence-electron chi connectivity index (χ2n) is 9.62. The highest BCUT2D eigenvalue weighted by Crippen LogP contribution is 2.31. The van der Waals surface area contributed by atoms with Crippen LogP contribution in [0.5, 0.6) is 17.2 Å². The number of hydrogen-bond donors (Lipinski definition) is 1. The lowest BCUT2D eigenvalue weighted by Gasteiger charge is -2.18. The van der Waals surface area contributed by atoms with Crippen LogP contribution in [-0.2, 0) is 19.6 Å². The molecule has 0 aliphatic rings. The molecule has 0 aliphatic carbocycles. The fourth-order valence-electron chi connectivity index (χ4n) is 4.85. The van der Waals surface area contributed by atoms with Gasteiger partial charge >= 0.3 is 0 Å². The van der Waals surface area contributed by atoms with Crippen molar-refractivity contribution in [2.75, 3.05) is 7.11 Å². The van der Waals surface area contributed by atoms with E-state index in [4.69, 9.17) is 9.47 Å². The lowest BCUT2D eigenvalue weighted by Crippen LogP contribution is -2.25. The van der Waals surface area contributed by atoms with Crippen molar-refractivity contribution >= 4 is 16.8 Å². The Balaban J connectivity index is 1.45. The van der Waals surface area contributed by atoms with E-state index in [0.717, 1.165) is 0 Å². The Morgan fingerprint density at radius 2 is 1.86 bits per heavy atom. The molecule has 0 fully saturated rings. The zero-order valence-electron chi connectivity index (χ0n) is 23.1. The maximum Gasteiger partial charge on any atom is 0.200 e. The molecule has 0 spiro atoms. The van der Waals surface area contributed by atoms with E-state index in [1.165, 1.54) is 56.0 Å². The second kappa shape index (κ2) is 11.9. The van der Waals surface area contributed by atoms with Crippen LogP contribution in [0.4, 0.5) is 8.78 Å². The Labute approximate surface area is 239 Å². The third kappa shape index (κ3) is 5.48. The van der Waals surface area contributed by atoms with Crippen LogP contribution in [-0.4, -0.2) is 32.5 Å². The summed E-state index contributed by atoms with van der Waals surface area (Å²) in [4.78, 5) is 35.5. The zero-order chi connectivity index (χ0) is 30.0. The number of aromatic nitrogens is 3. The summed E-state index contributed by atoms with van der Waals surface area (Å²) in [7, 11) is 1.51. The molecule has 5 rings (SSSR count). The Kier molecular flexibility index (Phi) is 8.08. The number of nitrogens with zero attached hydrogens (tertiary/aromatic N) is 3. The number of aryl methyl sites for hydroxylation is 2. The van der Waals surface area contributed by atoms with Crippen molar-refractivity contribution in [3.63, 3.8) is 0 Å². The van der Waals surface area contributed by atoms with Crippen LogP contribution >= 0.6 is 0 Å². The number of Topliss-reactive ketones (excluding diaryl/α,β-unsaturated/α-hetero) is 1. The number of benzene rings is 2. The molecule has 0 aliphatic heterocycles. The molecule has 0 saturated carbocycles. The Bertz CT molecular complexity index is 1890. The summed E-state index contributed by atoms with van der Waals surface area (Å²) in [6, 6.07) is 11.3. The maximum atomic E-state index is 15.2. The molecule has 0 radical (unpaired) electrons. The monoisotopic (exact) mass is 571 g/mol. The number of aliphatic hydroxyl groups is 1. The fourth-order valence-corrected chi connectivity index (χ4v) is 4.85. The number of carbonyl (C=O) groups excluding carboxylic acids is 1. The number of ketones is 1. The number of methoxy groups -OCH3 is 1. The highest BCUT2D eigenvalue weighted by Gasteiger charge is 2.22. The first-order valence-corrected chi connectivity index (χ1v) is 13.2. The lowest BCUT2D eigenvalue weighted by atomic mass is 9.94. The number of aliphatic hydroxyl groups excluding tert-OH is 1. The van der Waals surface area contributed by atoms with E-state index >= 15 is 4.39 Å². The summed E-state index contributed by atoms with van der Waals surface area (Å²) in [5.41, 5.74) is 1.93. The van der Waals surface area contributed by atoms with Crippen LogP contribution in [0.2, 0.25) is 0 Å². The van der Waals surface area contributed by atoms with E-state index in [0.29, 0.717) is 45.7 Å². The lowest BCUT2D eigenvalue weighted by molar-refractivity contribution is 0.0991. The van der Waals surface area contributed by atoms with Crippen LogP contribution in [0.1, 0.15) is 34.1 Å². The minimum atomic E-state index is -0.706. The number of halogens is 2. The van der Waals surface area contributed by atoms with Gasteiger partial charge in [0, 0.05) is 37.5 Å². The van der Waals surface area contributed by atoms with Gasteiger partial charge in [-0.15, -0.1) is 0 Å². The molecule has 5 aromatic rings. The average molecular weight is 572 g/mol. The molecule has 0 bridgehead atoms. The van der Waals surface area contributed by atoms with Crippen molar-refractivity contribution in [3.8, 4) is 28.4 Å². The van der Waals surface area contributed by atoms with E-state index in [1.54, 1.807) is 29.7 Å². The number of pyridine rings is 3. The van der Waals surface area contributed by atoms with Crippen molar-refractivity contribution in [1.82, 2.24) is 14.5 Å². The number of carbonyl (C=O) groups is 1. The van der Waals surface area contributed by atoms with E-state index in [-0.39, 0.29) is 29.0 Å². The summed E-state index contributed by atoms with van der Waals surface area (Å²) < 4.78 is 41.5. The molecule has 3 aromatic heterocycles. The van der Waals surface area contributed by atoms with Crippen molar-refractivity contribution < 1.29 is 28.2 Å². The second-order valence-corrected chi connectivity index (χ2v) is 9.62. The molecule has 2 aromatic carbocycles. The van der Waals surface area contributed by atoms with E-state index in [9.17, 15) is 19.1 Å². The smallest absolute Gasteiger partial charge is 0.200 e. The summed E-state index contributed by atoms with van der Waals surface area (Å²) in [5, 5.41) is 10.1. The van der Waals surface area contributed by atoms with Gasteiger partial charge in [0.1, 0.15) is 17.1 Å². The molecule has 8 nitrogen and oxygen atoms in total. The molecular formula is C32H27F2N3O5. The van der Waals surface area contributed by atoms with Gasteiger partial charge in [0.15, 0.2) is 23.1 Å². The molecule has 1 N–H and O–H groups in total. The minimum absolute atomic E-state index is 0.0778. The Hall–Kier alpha value is -4.96. The number of hydrogen-bond acceptors (Lipinski definition) is 7. The third-order valence-electron chi connectivity index (χ3n) is 6.97. The van der Waals surface area contributed by atoms with Gasteiger partial charge in [0.25, 0.3) is 0 Å². The molecular weight excluding hydrogens is 544 g/mol. The fraction of sp³-hybridized carbons (Fsp3) is 0.188. The van der Waals surface area contributed by atoms with Crippen LogP contribution in [0.15, 0.2) is 71.9 Å². The van der Waals surface area contributed by atoms with Crippen molar-refractivity contribution in [2.45, 2.75) is 33.4 Å². The molecule has 42 heavy (non-hydrogen) atoms. The summed E-state index contributed by atoms with van der Waals surface area (Å²) in [6.45, 7) is 3.38. The van der Waals surface area contributed by atoms with Crippen molar-refractivity contribution in [2.24, 2.45) is 0 Å². The first kappa shape index (κ1) is 28.6. The van der Waals surface area contributed by atoms with Gasteiger partial charge < -0.3 is 19.1 Å². The predicted molar refractivity (Wildman–Crippen MR) is 153 cm³/mol. The topological polar surface area (TPSA) is 104 Å². The van der Waals surface area contributed by atoms with Crippen molar-refractivity contribution in [1.29, 1.82) is 0 Å². The molecule has 10 heteroatoms. The quantitative estimate of drug-likeness (QED) is 0.224. The largest absolute Gasteiger partial charge is 0.495 e. The third-order valence-corrected chi connectivity index (χ3v) is 6.97. The first-order valence-electron chi connectivity index (χ1n) is 13.2. The van der Waals surface area contributed by atoms with Gasteiger partial charge in [-0.2, -0.15) is 0 Å². The minimum Gasteiger partial charge on any atom is -0.495 e. The van der Waals surface area contributed by atoms with Crippen LogP contribution in [0, 0.1) is 18.6 Å². The van der Waals surface area contributed by atoms with Gasteiger partial charge in [-0.1, -0.05) is 12.1 Å². The Morgan fingerprint density at radius 3 is 2.55 bits per heavy atom. The number of ether oxygens (including phenoxy) is 2. The van der Waals surface area contributed by atoms with E-state index in [2.05, 4.69) is 9.97 Å². The molecule has 214 valence electrons. The van der Waals surface area contributed by atoms with Gasteiger partial charge in [-0.3, -0.25) is 14.6 Å². The molecule has 0 atom stereocenters. The molecule has 0 unspecified atom stereocenters. The van der Waals surface area contributed by atoms with Crippen LogP contribution in [0.3, 0.4) is 0 Å². The van der Waals surface area contributed by atoms with E-state index < -0.39 is 29.5 Å². The van der Waals surface area contributed by atoms with Crippen LogP contribution < -0.4 is 14.9 Å². The number of rotatable bonds is 9. The van der Waals surface area contributed by atoms with E-state index in [1.807, 2.05) is 6.92 Å². The molecule has 3 heterocycles.